The Balaban J connectivity index is 2.78. The zero-order valence-corrected chi connectivity index (χ0v) is 12.3. The Labute approximate surface area is 131 Å². The first-order valence-electron chi connectivity index (χ1n) is 6.48. The highest BCUT2D eigenvalue weighted by Gasteiger charge is 2.15. The molecule has 0 aliphatic rings. The summed E-state index contributed by atoms with van der Waals surface area (Å²) >= 11 is 0. The van der Waals surface area contributed by atoms with E-state index in [1.165, 1.54) is 24.3 Å². The van der Waals surface area contributed by atoms with Crippen molar-refractivity contribution in [2.45, 2.75) is 13.3 Å². The van der Waals surface area contributed by atoms with Gasteiger partial charge in [-0.1, -0.05) is 12.1 Å². The number of hydrogen-bond donors (Lipinski definition) is 1. The predicted molar refractivity (Wildman–Crippen MR) is 78.2 cm³/mol. The second-order valence-electron chi connectivity index (χ2n) is 4.28. The highest BCUT2D eigenvalue weighted by molar-refractivity contribution is 5.93. The number of benzene rings is 1. The van der Waals surface area contributed by atoms with E-state index in [-0.39, 0.29) is 18.7 Å². The number of non-ortho nitro benzene ring substituents is 1. The van der Waals surface area contributed by atoms with Gasteiger partial charge in [0.25, 0.3) is 5.69 Å². The Morgan fingerprint density at radius 1 is 1.43 bits per heavy atom. The van der Waals surface area contributed by atoms with Gasteiger partial charge in [0.05, 0.1) is 18.0 Å². The molecule has 9 nitrogen and oxygen atoms in total. The molecule has 1 aromatic carbocycles. The zero-order valence-electron chi connectivity index (χ0n) is 12.3. The Morgan fingerprint density at radius 3 is 2.52 bits per heavy atom. The lowest BCUT2D eigenvalue weighted by Gasteiger charge is -2.12. The summed E-state index contributed by atoms with van der Waals surface area (Å²) in [7, 11) is 0. The van der Waals surface area contributed by atoms with E-state index in [0.717, 1.165) is 6.20 Å². The highest BCUT2D eigenvalue weighted by Crippen LogP contribution is 2.12. The van der Waals surface area contributed by atoms with Crippen LogP contribution >= 0.6 is 0 Å². The van der Waals surface area contributed by atoms with Crippen LogP contribution in [-0.4, -0.2) is 28.4 Å². The molecule has 0 aliphatic heterocycles. The smallest absolute Gasteiger partial charge is 0.350 e. The van der Waals surface area contributed by atoms with Gasteiger partial charge in [-0.3, -0.25) is 19.9 Å². The molecule has 23 heavy (non-hydrogen) atoms. The molecule has 0 aliphatic carbocycles. The van der Waals surface area contributed by atoms with Crippen molar-refractivity contribution in [3.63, 3.8) is 0 Å². The molecule has 0 spiro atoms. The number of nitrogens with two attached hydrogens (primary N) is 1. The molecule has 1 rings (SSSR count). The molecule has 0 bridgehead atoms. The van der Waals surface area contributed by atoms with Crippen molar-refractivity contribution < 1.29 is 19.2 Å². The number of esters is 1. The van der Waals surface area contributed by atoms with E-state index < -0.39 is 22.4 Å². The minimum absolute atomic E-state index is 0.0825. The maximum atomic E-state index is 11.9. The lowest BCUT2D eigenvalue weighted by molar-refractivity contribution is -0.384. The third-order valence-corrected chi connectivity index (χ3v) is 2.67. The van der Waals surface area contributed by atoms with Gasteiger partial charge in [0, 0.05) is 18.3 Å². The molecule has 2 N–H and O–H groups in total. The van der Waals surface area contributed by atoms with Crippen molar-refractivity contribution in [3.05, 3.63) is 51.7 Å². The van der Waals surface area contributed by atoms with Crippen LogP contribution in [0, 0.1) is 21.4 Å². The number of carbonyl (C=O) groups excluding carboxylic acids is 2. The summed E-state index contributed by atoms with van der Waals surface area (Å²) in [6.07, 6.45) is 0.734. The quantitative estimate of drug-likeness (QED) is 0.156. The number of nitrogens with zero attached hydrogens (tertiary/aromatic N) is 3. The van der Waals surface area contributed by atoms with Crippen LogP contribution in [0.4, 0.5) is 5.69 Å². The van der Waals surface area contributed by atoms with Gasteiger partial charge in [0.1, 0.15) is 6.07 Å². The zero-order chi connectivity index (χ0) is 17.4. The van der Waals surface area contributed by atoms with Gasteiger partial charge < -0.3 is 4.74 Å². The molecule has 0 unspecified atom stereocenters. The second-order valence-corrected chi connectivity index (χ2v) is 4.28. The van der Waals surface area contributed by atoms with Gasteiger partial charge in [-0.15, -0.1) is 0 Å². The third kappa shape index (κ3) is 5.22. The van der Waals surface area contributed by atoms with Crippen molar-refractivity contribution in [3.8, 4) is 6.07 Å². The van der Waals surface area contributed by atoms with Crippen molar-refractivity contribution in [1.29, 1.82) is 5.26 Å². The highest BCUT2D eigenvalue weighted by atomic mass is 16.6. The molecule has 0 radical (unpaired) electrons. The first-order valence-corrected chi connectivity index (χ1v) is 6.48. The van der Waals surface area contributed by atoms with E-state index in [4.69, 9.17) is 11.1 Å². The monoisotopic (exact) mass is 318 g/mol. The molecule has 0 atom stereocenters. The summed E-state index contributed by atoms with van der Waals surface area (Å²) in [5.74, 6) is 4.01. The summed E-state index contributed by atoms with van der Waals surface area (Å²) in [4.78, 5) is 33.3. The molecule has 0 saturated carbocycles. The van der Waals surface area contributed by atoms with Gasteiger partial charge in [-0.2, -0.15) is 5.26 Å². The number of rotatable bonds is 6. The lowest BCUT2D eigenvalue weighted by atomic mass is 10.1. The van der Waals surface area contributed by atoms with Crippen LogP contribution < -0.4 is 5.84 Å². The van der Waals surface area contributed by atoms with Crippen LogP contribution in [0.2, 0.25) is 0 Å². The van der Waals surface area contributed by atoms with Crippen molar-refractivity contribution in [2.24, 2.45) is 5.84 Å². The Hall–Kier alpha value is -3.25. The SMILES string of the molecule is CCOC(=O)/C(C#N)=C/N(N)C(=O)Cc1ccc([N+](=O)[O-])cc1. The molecule has 1 aromatic rings. The Morgan fingerprint density at radius 2 is 2.04 bits per heavy atom. The number of ether oxygens (including phenoxy) is 1. The fraction of sp³-hybridized carbons (Fsp3) is 0.214. The number of nitro benzene ring substituents is 1. The lowest BCUT2D eigenvalue weighted by Crippen LogP contribution is -2.34. The van der Waals surface area contributed by atoms with Crippen LogP contribution in [0.5, 0.6) is 0 Å². The van der Waals surface area contributed by atoms with E-state index >= 15 is 0 Å². The Bertz CT molecular complexity index is 675. The second kappa shape index (κ2) is 8.26. The summed E-state index contributed by atoms with van der Waals surface area (Å²) in [6, 6.07) is 6.96. The van der Waals surface area contributed by atoms with E-state index in [1.54, 1.807) is 13.0 Å². The minimum atomic E-state index is -0.881. The first kappa shape index (κ1) is 17.8. The number of nitro groups is 1. The predicted octanol–water partition coefficient (Wildman–Crippen LogP) is 0.810. The van der Waals surface area contributed by atoms with E-state index in [0.29, 0.717) is 10.6 Å². The van der Waals surface area contributed by atoms with Gasteiger partial charge in [0.15, 0.2) is 5.57 Å². The average Bonchev–Trinajstić information content (AvgIpc) is 2.52. The van der Waals surface area contributed by atoms with Crippen LogP contribution in [-0.2, 0) is 20.7 Å². The average molecular weight is 318 g/mol. The fourth-order valence-corrected chi connectivity index (χ4v) is 1.55. The number of hydrazine groups is 1. The molecule has 9 heteroatoms. The molecule has 0 fully saturated rings. The number of nitriles is 1. The summed E-state index contributed by atoms with van der Waals surface area (Å²) in [5, 5.41) is 20.0. The van der Waals surface area contributed by atoms with Crippen LogP contribution in [0.1, 0.15) is 12.5 Å². The molecule has 0 aromatic heterocycles. The topological polar surface area (TPSA) is 140 Å². The molecule has 1 amide bonds. The Kier molecular flexibility index (Phi) is 6.39. The van der Waals surface area contributed by atoms with E-state index in [2.05, 4.69) is 4.74 Å². The summed E-state index contributed by atoms with van der Waals surface area (Å²) in [6.45, 7) is 1.66. The summed E-state index contributed by atoms with van der Waals surface area (Å²) < 4.78 is 4.64. The largest absolute Gasteiger partial charge is 0.462 e. The molecular formula is C14H14N4O5. The molecular weight excluding hydrogens is 304 g/mol. The third-order valence-electron chi connectivity index (χ3n) is 2.67. The maximum Gasteiger partial charge on any atom is 0.350 e. The fourth-order valence-electron chi connectivity index (χ4n) is 1.55. The minimum Gasteiger partial charge on any atom is -0.462 e. The van der Waals surface area contributed by atoms with E-state index in [9.17, 15) is 19.7 Å². The van der Waals surface area contributed by atoms with Crippen molar-refractivity contribution >= 4 is 17.6 Å². The van der Waals surface area contributed by atoms with Gasteiger partial charge in [0.2, 0.25) is 5.91 Å². The molecule has 0 heterocycles. The van der Waals surface area contributed by atoms with Crippen molar-refractivity contribution in [1.82, 2.24) is 5.01 Å². The number of amides is 1. The maximum absolute atomic E-state index is 11.9. The summed E-state index contributed by atoms with van der Waals surface area (Å²) in [5.41, 5.74) is -0.00901. The number of hydrogen-bond acceptors (Lipinski definition) is 7. The van der Waals surface area contributed by atoms with E-state index in [1.807, 2.05) is 0 Å². The van der Waals surface area contributed by atoms with Crippen LogP contribution in [0.15, 0.2) is 36.0 Å². The van der Waals surface area contributed by atoms with Crippen molar-refractivity contribution in [2.75, 3.05) is 6.61 Å². The van der Waals surface area contributed by atoms with Gasteiger partial charge in [-0.05, 0) is 12.5 Å². The van der Waals surface area contributed by atoms with Crippen LogP contribution in [0.3, 0.4) is 0 Å². The normalized spacial score (nSPS) is 10.6. The first-order chi connectivity index (χ1) is 10.9. The van der Waals surface area contributed by atoms with Gasteiger partial charge >= 0.3 is 5.97 Å². The van der Waals surface area contributed by atoms with Gasteiger partial charge in [-0.25, -0.2) is 10.6 Å². The standard InChI is InChI=1S/C14H14N4O5/c1-2-23-14(20)11(8-15)9-17(16)13(19)7-10-3-5-12(6-4-10)18(21)22/h3-6,9H,2,7,16H2,1H3/b11-9+. The number of carbonyl (C=O) groups is 2. The molecule has 120 valence electrons. The molecule has 0 saturated heterocycles. The van der Waals surface area contributed by atoms with Crippen LogP contribution in [0.25, 0.3) is 0 Å².